The van der Waals surface area contributed by atoms with E-state index in [1.54, 1.807) is 0 Å². The summed E-state index contributed by atoms with van der Waals surface area (Å²) in [5.74, 6) is 0. The third-order valence-electron chi connectivity index (χ3n) is 2.55. The minimum Gasteiger partial charge on any atom is -0.377 e. The molecule has 0 aromatic heterocycles. The van der Waals surface area contributed by atoms with E-state index in [1.807, 2.05) is 0 Å². The lowest BCUT2D eigenvalue weighted by atomic mass is 10.2. The third kappa shape index (κ3) is 4.59. The van der Waals surface area contributed by atoms with Crippen LogP contribution < -0.4 is 0 Å². The van der Waals surface area contributed by atoms with E-state index in [2.05, 4.69) is 17.9 Å². The summed E-state index contributed by atoms with van der Waals surface area (Å²) in [6, 6.07) is 2.18. The fraction of sp³-hybridized carbons (Fsp3) is 0.909. The smallest absolute Gasteiger partial charge is 0.0673 e. The van der Waals surface area contributed by atoms with Gasteiger partial charge in [-0.25, -0.2) is 0 Å². The van der Waals surface area contributed by atoms with E-state index in [0.29, 0.717) is 12.5 Å². The Morgan fingerprint density at radius 3 is 3.14 bits per heavy atom. The average molecular weight is 196 g/mol. The van der Waals surface area contributed by atoms with Gasteiger partial charge in [0.1, 0.15) is 0 Å². The molecule has 3 heteroatoms. The lowest BCUT2D eigenvalue weighted by Crippen LogP contribution is -2.31. The van der Waals surface area contributed by atoms with E-state index in [4.69, 9.17) is 10.00 Å². The second-order valence-electron chi connectivity index (χ2n) is 3.95. The molecule has 1 saturated heterocycles. The molecular weight excluding hydrogens is 176 g/mol. The van der Waals surface area contributed by atoms with Crippen LogP contribution in [0.4, 0.5) is 0 Å². The molecule has 0 saturated carbocycles. The number of unbranched alkanes of at least 4 members (excludes halogenated alkanes) is 2. The molecule has 0 aromatic rings. The highest BCUT2D eigenvalue weighted by Crippen LogP contribution is 2.07. The van der Waals surface area contributed by atoms with Crippen LogP contribution in [0.3, 0.4) is 0 Å². The van der Waals surface area contributed by atoms with Crippen LogP contribution in [0, 0.1) is 11.3 Å². The van der Waals surface area contributed by atoms with Crippen LogP contribution in [0.2, 0.25) is 0 Å². The van der Waals surface area contributed by atoms with Gasteiger partial charge in [0.05, 0.1) is 12.2 Å². The summed E-state index contributed by atoms with van der Waals surface area (Å²) in [5.41, 5.74) is 0. The SMILES string of the molecule is CC1CN(CCCCC#N)CCCO1. The normalized spacial score (nSPS) is 24.1. The van der Waals surface area contributed by atoms with Gasteiger partial charge in [0.25, 0.3) is 0 Å². The van der Waals surface area contributed by atoms with Crippen molar-refractivity contribution in [1.29, 1.82) is 5.26 Å². The Hall–Kier alpha value is -0.590. The van der Waals surface area contributed by atoms with Gasteiger partial charge < -0.3 is 9.64 Å². The van der Waals surface area contributed by atoms with E-state index in [-0.39, 0.29) is 0 Å². The van der Waals surface area contributed by atoms with Crippen LogP contribution in [-0.4, -0.2) is 37.2 Å². The maximum absolute atomic E-state index is 8.41. The first kappa shape index (κ1) is 11.5. The van der Waals surface area contributed by atoms with Gasteiger partial charge in [-0.3, -0.25) is 0 Å². The Balaban J connectivity index is 2.12. The second-order valence-corrected chi connectivity index (χ2v) is 3.95. The summed E-state index contributed by atoms with van der Waals surface area (Å²) in [6.45, 7) is 6.35. The molecule has 0 N–H and O–H groups in total. The van der Waals surface area contributed by atoms with Gasteiger partial charge in [0.2, 0.25) is 0 Å². The zero-order chi connectivity index (χ0) is 10.2. The van der Waals surface area contributed by atoms with Crippen molar-refractivity contribution in [3.05, 3.63) is 0 Å². The first-order valence-corrected chi connectivity index (χ1v) is 5.54. The molecule has 0 amide bonds. The number of nitriles is 1. The zero-order valence-electron chi connectivity index (χ0n) is 9.04. The monoisotopic (exact) mass is 196 g/mol. The molecule has 1 heterocycles. The maximum Gasteiger partial charge on any atom is 0.0673 e. The van der Waals surface area contributed by atoms with Crippen molar-refractivity contribution < 1.29 is 4.74 Å². The van der Waals surface area contributed by atoms with E-state index < -0.39 is 0 Å². The molecule has 3 nitrogen and oxygen atoms in total. The molecule has 0 radical (unpaired) electrons. The molecule has 80 valence electrons. The summed E-state index contributed by atoms with van der Waals surface area (Å²) in [5, 5.41) is 8.41. The van der Waals surface area contributed by atoms with Gasteiger partial charge in [-0.05, 0) is 32.7 Å². The van der Waals surface area contributed by atoms with Crippen LogP contribution in [0.1, 0.15) is 32.6 Å². The molecule has 0 aliphatic carbocycles. The number of nitrogens with zero attached hydrogens (tertiary/aromatic N) is 2. The van der Waals surface area contributed by atoms with E-state index in [0.717, 1.165) is 45.5 Å². The molecule has 1 atom stereocenters. The quantitative estimate of drug-likeness (QED) is 0.643. The van der Waals surface area contributed by atoms with Crippen LogP contribution in [0.25, 0.3) is 0 Å². The largest absolute Gasteiger partial charge is 0.377 e. The van der Waals surface area contributed by atoms with Crippen molar-refractivity contribution >= 4 is 0 Å². The predicted molar refractivity (Wildman–Crippen MR) is 55.9 cm³/mol. The predicted octanol–water partition coefficient (Wildman–Crippen LogP) is 1.79. The highest BCUT2D eigenvalue weighted by atomic mass is 16.5. The lowest BCUT2D eigenvalue weighted by Gasteiger charge is -2.21. The number of hydrogen-bond acceptors (Lipinski definition) is 3. The second kappa shape index (κ2) is 6.80. The van der Waals surface area contributed by atoms with Crippen LogP contribution >= 0.6 is 0 Å². The minimum absolute atomic E-state index is 0.369. The van der Waals surface area contributed by atoms with E-state index >= 15 is 0 Å². The zero-order valence-corrected chi connectivity index (χ0v) is 9.04. The van der Waals surface area contributed by atoms with Crippen molar-refractivity contribution in [2.75, 3.05) is 26.2 Å². The van der Waals surface area contributed by atoms with Gasteiger partial charge in [-0.2, -0.15) is 5.26 Å². The Morgan fingerprint density at radius 1 is 1.50 bits per heavy atom. The topological polar surface area (TPSA) is 36.3 Å². The van der Waals surface area contributed by atoms with Crippen LogP contribution in [-0.2, 0) is 4.74 Å². The molecule has 0 bridgehead atoms. The molecule has 1 aliphatic heterocycles. The van der Waals surface area contributed by atoms with Gasteiger partial charge in [-0.1, -0.05) is 0 Å². The first-order chi connectivity index (χ1) is 6.83. The summed E-state index contributed by atoms with van der Waals surface area (Å²) >= 11 is 0. The van der Waals surface area contributed by atoms with Gasteiger partial charge in [0.15, 0.2) is 0 Å². The summed E-state index contributed by atoms with van der Waals surface area (Å²) in [4.78, 5) is 2.45. The standard InChI is InChI=1S/C11H20N2O/c1-11-10-13(8-5-9-14-11)7-4-2-3-6-12/h11H,2-5,7-10H2,1H3. The minimum atomic E-state index is 0.369. The van der Waals surface area contributed by atoms with Crippen molar-refractivity contribution in [2.45, 2.75) is 38.7 Å². The Bertz CT molecular complexity index is 188. The van der Waals surface area contributed by atoms with Gasteiger partial charge in [-0.15, -0.1) is 0 Å². The van der Waals surface area contributed by atoms with E-state index in [1.165, 1.54) is 0 Å². The van der Waals surface area contributed by atoms with Crippen molar-refractivity contribution in [3.63, 3.8) is 0 Å². The van der Waals surface area contributed by atoms with Crippen molar-refractivity contribution in [3.8, 4) is 6.07 Å². The maximum atomic E-state index is 8.41. The summed E-state index contributed by atoms with van der Waals surface area (Å²) in [6.07, 6.45) is 4.37. The molecule has 0 spiro atoms. The van der Waals surface area contributed by atoms with Crippen LogP contribution in [0.15, 0.2) is 0 Å². The van der Waals surface area contributed by atoms with Gasteiger partial charge in [0, 0.05) is 26.1 Å². The summed E-state index contributed by atoms with van der Waals surface area (Å²) in [7, 11) is 0. The fourth-order valence-corrected chi connectivity index (χ4v) is 1.82. The molecule has 0 aromatic carbocycles. The molecular formula is C11H20N2O. The summed E-state index contributed by atoms with van der Waals surface area (Å²) < 4.78 is 5.57. The number of ether oxygens (including phenoxy) is 1. The highest BCUT2D eigenvalue weighted by Gasteiger charge is 2.13. The first-order valence-electron chi connectivity index (χ1n) is 5.54. The Kier molecular flexibility index (Phi) is 5.58. The average Bonchev–Trinajstić information content (AvgIpc) is 2.38. The third-order valence-corrected chi connectivity index (χ3v) is 2.55. The van der Waals surface area contributed by atoms with Crippen molar-refractivity contribution in [2.24, 2.45) is 0 Å². The number of rotatable bonds is 4. The van der Waals surface area contributed by atoms with Gasteiger partial charge >= 0.3 is 0 Å². The Labute approximate surface area is 86.6 Å². The number of hydrogen-bond donors (Lipinski definition) is 0. The van der Waals surface area contributed by atoms with Crippen LogP contribution in [0.5, 0.6) is 0 Å². The highest BCUT2D eigenvalue weighted by molar-refractivity contribution is 4.70. The van der Waals surface area contributed by atoms with Crippen molar-refractivity contribution in [1.82, 2.24) is 4.90 Å². The molecule has 1 rings (SSSR count). The molecule has 1 fully saturated rings. The lowest BCUT2D eigenvalue weighted by molar-refractivity contribution is 0.0676. The molecule has 1 unspecified atom stereocenters. The Morgan fingerprint density at radius 2 is 2.36 bits per heavy atom. The molecule has 1 aliphatic rings. The van der Waals surface area contributed by atoms with E-state index in [9.17, 15) is 0 Å². The fourth-order valence-electron chi connectivity index (χ4n) is 1.82. The molecule has 14 heavy (non-hydrogen) atoms.